The first-order chi connectivity index (χ1) is 6.15. The first-order valence-electron chi connectivity index (χ1n) is 4.27. The van der Waals surface area contributed by atoms with Gasteiger partial charge in [0.15, 0.2) is 0 Å². The van der Waals surface area contributed by atoms with E-state index in [0.29, 0.717) is 11.4 Å². The zero-order valence-electron chi connectivity index (χ0n) is 7.63. The number of nitrogens with two attached hydrogens (primary N) is 1. The summed E-state index contributed by atoms with van der Waals surface area (Å²) in [4.78, 5) is 0. The van der Waals surface area contributed by atoms with Gasteiger partial charge in [0.2, 0.25) is 0 Å². The highest BCUT2D eigenvalue weighted by molar-refractivity contribution is 6.31. The van der Waals surface area contributed by atoms with E-state index in [-0.39, 0.29) is 12.6 Å². The first kappa shape index (κ1) is 10.5. The number of aliphatic hydroxyl groups is 1. The van der Waals surface area contributed by atoms with E-state index in [0.717, 1.165) is 11.1 Å². The van der Waals surface area contributed by atoms with Gasteiger partial charge in [-0.25, -0.2) is 0 Å². The lowest BCUT2D eigenvalue weighted by Crippen LogP contribution is -2.12. The van der Waals surface area contributed by atoms with E-state index >= 15 is 0 Å². The Kier molecular flexibility index (Phi) is 3.72. The molecule has 1 rings (SSSR count). The number of hydrogen-bond acceptors (Lipinski definition) is 2. The topological polar surface area (TPSA) is 46.2 Å². The molecule has 0 spiro atoms. The molecule has 0 bridgehead atoms. The maximum atomic E-state index is 8.72. The van der Waals surface area contributed by atoms with Crippen molar-refractivity contribution >= 4 is 11.6 Å². The van der Waals surface area contributed by atoms with Gasteiger partial charge in [-0.3, -0.25) is 0 Å². The third kappa shape index (κ3) is 2.69. The molecule has 0 aliphatic carbocycles. The fourth-order valence-corrected chi connectivity index (χ4v) is 1.60. The molecule has 0 aromatic heterocycles. The molecule has 2 nitrogen and oxygen atoms in total. The fourth-order valence-electron chi connectivity index (χ4n) is 1.23. The van der Waals surface area contributed by atoms with Gasteiger partial charge in [0.1, 0.15) is 0 Å². The van der Waals surface area contributed by atoms with E-state index in [9.17, 15) is 0 Å². The van der Waals surface area contributed by atoms with Crippen LogP contribution in [0.3, 0.4) is 0 Å². The Bertz CT molecular complexity index is 288. The minimum Gasteiger partial charge on any atom is -0.396 e. The van der Waals surface area contributed by atoms with Crippen LogP contribution in [0.5, 0.6) is 0 Å². The smallest absolute Gasteiger partial charge is 0.0456 e. The van der Waals surface area contributed by atoms with Crippen molar-refractivity contribution in [3.8, 4) is 0 Å². The lowest BCUT2D eigenvalue weighted by Gasteiger charge is -2.12. The maximum absolute atomic E-state index is 8.72. The summed E-state index contributed by atoms with van der Waals surface area (Å²) in [6, 6.07) is 5.60. The average molecular weight is 200 g/mol. The molecule has 0 aliphatic rings. The molecule has 1 aromatic carbocycles. The highest BCUT2D eigenvalue weighted by Crippen LogP contribution is 2.24. The van der Waals surface area contributed by atoms with Gasteiger partial charge in [0, 0.05) is 17.7 Å². The first-order valence-corrected chi connectivity index (χ1v) is 4.65. The van der Waals surface area contributed by atoms with Crippen LogP contribution in [-0.4, -0.2) is 11.7 Å². The normalized spacial score (nSPS) is 12.9. The van der Waals surface area contributed by atoms with E-state index in [1.807, 2.05) is 25.1 Å². The Balaban J connectivity index is 2.88. The molecule has 1 atom stereocenters. The predicted octanol–water partition coefficient (Wildman–Crippen LogP) is 2.03. The monoisotopic (exact) mass is 199 g/mol. The van der Waals surface area contributed by atoms with Gasteiger partial charge >= 0.3 is 0 Å². The summed E-state index contributed by atoms with van der Waals surface area (Å²) < 4.78 is 0. The summed E-state index contributed by atoms with van der Waals surface area (Å²) in [6.07, 6.45) is 0.544. The Morgan fingerprint density at radius 1 is 1.54 bits per heavy atom. The van der Waals surface area contributed by atoms with Crippen LogP contribution < -0.4 is 5.73 Å². The summed E-state index contributed by atoms with van der Waals surface area (Å²) in [6.45, 7) is 2.07. The van der Waals surface area contributed by atoms with Crippen LogP contribution in [0, 0.1) is 6.92 Å². The second kappa shape index (κ2) is 4.61. The number of halogens is 1. The van der Waals surface area contributed by atoms with Crippen LogP contribution >= 0.6 is 11.6 Å². The third-order valence-corrected chi connectivity index (χ3v) is 2.32. The van der Waals surface area contributed by atoms with Gasteiger partial charge in [-0.1, -0.05) is 23.7 Å². The number of aliphatic hydroxyl groups excluding tert-OH is 1. The quantitative estimate of drug-likeness (QED) is 0.783. The SMILES string of the molecule is Cc1ccc([C@H](N)CCO)c(Cl)c1. The molecule has 0 radical (unpaired) electrons. The Morgan fingerprint density at radius 3 is 2.77 bits per heavy atom. The molecule has 3 N–H and O–H groups in total. The maximum Gasteiger partial charge on any atom is 0.0456 e. The molecule has 0 unspecified atom stereocenters. The Hall–Kier alpha value is -0.570. The molecule has 72 valence electrons. The van der Waals surface area contributed by atoms with Gasteiger partial charge in [-0.2, -0.15) is 0 Å². The van der Waals surface area contributed by atoms with Crippen LogP contribution in [0.1, 0.15) is 23.6 Å². The minimum atomic E-state index is -0.168. The fraction of sp³-hybridized carbons (Fsp3) is 0.400. The predicted molar refractivity (Wildman–Crippen MR) is 54.8 cm³/mol. The summed E-state index contributed by atoms with van der Waals surface area (Å²) in [5, 5.41) is 9.40. The van der Waals surface area contributed by atoms with Gasteiger partial charge in [0.25, 0.3) is 0 Å². The number of benzene rings is 1. The van der Waals surface area contributed by atoms with Crippen LogP contribution in [0.2, 0.25) is 5.02 Å². The van der Waals surface area contributed by atoms with Crippen molar-refractivity contribution in [2.45, 2.75) is 19.4 Å². The number of rotatable bonds is 3. The zero-order chi connectivity index (χ0) is 9.84. The molecule has 3 heteroatoms. The number of aryl methyl sites for hydroxylation is 1. The summed E-state index contributed by atoms with van der Waals surface area (Å²) in [5.74, 6) is 0. The van der Waals surface area contributed by atoms with Gasteiger partial charge < -0.3 is 10.8 Å². The van der Waals surface area contributed by atoms with Crippen LogP contribution in [-0.2, 0) is 0 Å². The average Bonchev–Trinajstić information content (AvgIpc) is 2.04. The summed E-state index contributed by atoms with van der Waals surface area (Å²) >= 11 is 6.00. The van der Waals surface area contributed by atoms with Crippen molar-refractivity contribution in [2.75, 3.05) is 6.61 Å². The van der Waals surface area contributed by atoms with E-state index in [4.69, 9.17) is 22.4 Å². The van der Waals surface area contributed by atoms with Crippen molar-refractivity contribution in [2.24, 2.45) is 5.73 Å². The molecule has 0 heterocycles. The Morgan fingerprint density at radius 2 is 2.23 bits per heavy atom. The summed E-state index contributed by atoms with van der Waals surface area (Å²) in [5.41, 5.74) is 7.83. The third-order valence-electron chi connectivity index (χ3n) is 2.00. The minimum absolute atomic E-state index is 0.0887. The molecule has 0 amide bonds. The highest BCUT2D eigenvalue weighted by atomic mass is 35.5. The molecule has 0 saturated carbocycles. The molecule has 1 aromatic rings. The van der Waals surface area contributed by atoms with E-state index in [1.165, 1.54) is 0 Å². The molecule has 13 heavy (non-hydrogen) atoms. The standard InChI is InChI=1S/C10H14ClNO/c1-7-2-3-8(9(11)6-7)10(12)4-5-13/h2-3,6,10,13H,4-5,12H2,1H3/t10-/m1/s1. The Labute approximate surface area is 83.3 Å². The van der Waals surface area contributed by atoms with Gasteiger partial charge in [-0.05, 0) is 30.5 Å². The zero-order valence-corrected chi connectivity index (χ0v) is 8.38. The molecular weight excluding hydrogens is 186 g/mol. The van der Waals surface area contributed by atoms with Crippen LogP contribution in [0.15, 0.2) is 18.2 Å². The lowest BCUT2D eigenvalue weighted by molar-refractivity contribution is 0.276. The highest BCUT2D eigenvalue weighted by Gasteiger charge is 2.08. The van der Waals surface area contributed by atoms with Gasteiger partial charge in [-0.15, -0.1) is 0 Å². The van der Waals surface area contributed by atoms with Crippen molar-refractivity contribution in [1.29, 1.82) is 0 Å². The molecule has 0 fully saturated rings. The molecule has 0 saturated heterocycles. The van der Waals surface area contributed by atoms with Crippen molar-refractivity contribution < 1.29 is 5.11 Å². The lowest BCUT2D eigenvalue weighted by atomic mass is 10.0. The summed E-state index contributed by atoms with van der Waals surface area (Å²) in [7, 11) is 0. The van der Waals surface area contributed by atoms with Gasteiger partial charge in [0.05, 0.1) is 0 Å². The second-order valence-corrected chi connectivity index (χ2v) is 3.55. The van der Waals surface area contributed by atoms with Crippen molar-refractivity contribution in [3.05, 3.63) is 34.3 Å². The molecular formula is C10H14ClNO. The van der Waals surface area contributed by atoms with E-state index < -0.39 is 0 Å². The van der Waals surface area contributed by atoms with E-state index in [1.54, 1.807) is 0 Å². The van der Waals surface area contributed by atoms with E-state index in [2.05, 4.69) is 0 Å². The number of hydrogen-bond donors (Lipinski definition) is 2. The largest absolute Gasteiger partial charge is 0.396 e. The molecule has 0 aliphatic heterocycles. The van der Waals surface area contributed by atoms with Crippen molar-refractivity contribution in [1.82, 2.24) is 0 Å². The van der Waals surface area contributed by atoms with Crippen LogP contribution in [0.4, 0.5) is 0 Å². The van der Waals surface area contributed by atoms with Crippen LogP contribution in [0.25, 0.3) is 0 Å². The second-order valence-electron chi connectivity index (χ2n) is 3.14. The van der Waals surface area contributed by atoms with Crippen molar-refractivity contribution in [3.63, 3.8) is 0 Å².